The Morgan fingerprint density at radius 1 is 1.58 bits per heavy atom. The molecule has 0 heterocycles. The highest BCUT2D eigenvalue weighted by Crippen LogP contribution is 2.27. The first kappa shape index (κ1) is 9.74. The van der Waals surface area contributed by atoms with E-state index < -0.39 is 0 Å². The van der Waals surface area contributed by atoms with Gasteiger partial charge in [-0.1, -0.05) is 15.9 Å². The van der Waals surface area contributed by atoms with Crippen molar-refractivity contribution in [3.8, 4) is 5.75 Å². The van der Waals surface area contributed by atoms with Crippen LogP contribution in [0.4, 0.5) is 5.69 Å². The zero-order valence-corrected chi connectivity index (χ0v) is 9.15. The Morgan fingerprint density at radius 2 is 2.33 bits per heavy atom. The summed E-state index contributed by atoms with van der Waals surface area (Å²) >= 11 is 7.45. The van der Waals surface area contributed by atoms with Gasteiger partial charge in [-0.2, -0.15) is 12.6 Å². The summed E-state index contributed by atoms with van der Waals surface area (Å²) in [6.07, 6.45) is 0. The van der Waals surface area contributed by atoms with Crippen LogP contribution in [0.2, 0.25) is 0 Å². The van der Waals surface area contributed by atoms with Crippen LogP contribution >= 0.6 is 28.6 Å². The number of thiol groups is 1. The van der Waals surface area contributed by atoms with Crippen LogP contribution in [-0.2, 0) is 0 Å². The molecule has 1 rings (SSSR count). The van der Waals surface area contributed by atoms with Crippen molar-refractivity contribution >= 4 is 34.2 Å². The third kappa shape index (κ3) is 2.32. The van der Waals surface area contributed by atoms with Gasteiger partial charge in [0.15, 0.2) is 0 Å². The van der Waals surface area contributed by atoms with E-state index in [0.717, 1.165) is 15.9 Å². The van der Waals surface area contributed by atoms with E-state index in [2.05, 4.69) is 33.9 Å². The van der Waals surface area contributed by atoms with E-state index in [9.17, 15) is 0 Å². The predicted molar refractivity (Wildman–Crippen MR) is 58.2 cm³/mol. The van der Waals surface area contributed by atoms with Gasteiger partial charge in [0, 0.05) is 4.47 Å². The van der Waals surface area contributed by atoms with E-state index >= 15 is 0 Å². The molecule has 0 atom stereocenters. The molecule has 0 saturated heterocycles. The van der Waals surface area contributed by atoms with E-state index in [1.807, 2.05) is 18.2 Å². The van der Waals surface area contributed by atoms with Crippen LogP contribution in [0, 0.1) is 0 Å². The van der Waals surface area contributed by atoms with Gasteiger partial charge < -0.3 is 10.1 Å². The standard InChI is InChI=1S/C8H10BrNOS/c1-11-8-3-2-6(9)4-7(8)10-5-12/h2-4,10,12H,5H2,1H3. The summed E-state index contributed by atoms with van der Waals surface area (Å²) in [7, 11) is 1.65. The van der Waals surface area contributed by atoms with E-state index in [4.69, 9.17) is 4.74 Å². The average Bonchev–Trinajstić information content (AvgIpc) is 2.05. The van der Waals surface area contributed by atoms with E-state index in [1.54, 1.807) is 7.11 Å². The Labute approximate surface area is 85.8 Å². The summed E-state index contributed by atoms with van der Waals surface area (Å²) in [6.45, 7) is 0. The third-order valence-corrected chi connectivity index (χ3v) is 2.08. The van der Waals surface area contributed by atoms with Crippen molar-refractivity contribution in [1.82, 2.24) is 0 Å². The number of hydrogen-bond donors (Lipinski definition) is 2. The molecule has 1 aromatic carbocycles. The number of ether oxygens (including phenoxy) is 1. The highest BCUT2D eigenvalue weighted by Gasteiger charge is 2.00. The van der Waals surface area contributed by atoms with E-state index in [1.165, 1.54) is 0 Å². The fourth-order valence-electron chi connectivity index (χ4n) is 0.904. The number of hydrogen-bond acceptors (Lipinski definition) is 3. The number of rotatable bonds is 3. The zero-order valence-electron chi connectivity index (χ0n) is 6.67. The average molecular weight is 248 g/mol. The fraction of sp³-hybridized carbons (Fsp3) is 0.250. The minimum absolute atomic E-state index is 0.590. The number of methoxy groups -OCH3 is 1. The molecule has 0 fully saturated rings. The molecule has 1 aromatic rings. The topological polar surface area (TPSA) is 21.3 Å². The quantitative estimate of drug-likeness (QED) is 0.634. The molecular weight excluding hydrogens is 238 g/mol. The van der Waals surface area contributed by atoms with Gasteiger partial charge in [-0.15, -0.1) is 0 Å². The maximum Gasteiger partial charge on any atom is 0.142 e. The Morgan fingerprint density at radius 3 is 2.92 bits per heavy atom. The molecule has 0 aliphatic rings. The van der Waals surface area contributed by atoms with Gasteiger partial charge in [-0.25, -0.2) is 0 Å². The van der Waals surface area contributed by atoms with Crippen molar-refractivity contribution in [2.24, 2.45) is 0 Å². The van der Waals surface area contributed by atoms with Crippen LogP contribution in [0.25, 0.3) is 0 Å². The van der Waals surface area contributed by atoms with E-state index in [0.29, 0.717) is 5.88 Å². The van der Waals surface area contributed by atoms with Crippen molar-refractivity contribution in [3.63, 3.8) is 0 Å². The molecule has 0 amide bonds. The predicted octanol–water partition coefficient (Wildman–Crippen LogP) is 2.76. The normalized spacial score (nSPS) is 9.58. The summed E-state index contributed by atoms with van der Waals surface area (Å²) in [5.41, 5.74) is 0.946. The van der Waals surface area contributed by atoms with Crippen molar-refractivity contribution in [3.05, 3.63) is 22.7 Å². The van der Waals surface area contributed by atoms with Crippen molar-refractivity contribution < 1.29 is 4.74 Å². The molecule has 0 spiro atoms. The van der Waals surface area contributed by atoms with Crippen LogP contribution in [-0.4, -0.2) is 13.0 Å². The van der Waals surface area contributed by atoms with Crippen LogP contribution < -0.4 is 10.1 Å². The second-order valence-electron chi connectivity index (χ2n) is 2.18. The second kappa shape index (κ2) is 4.62. The maximum absolute atomic E-state index is 5.14. The smallest absolute Gasteiger partial charge is 0.142 e. The maximum atomic E-state index is 5.14. The molecule has 2 nitrogen and oxygen atoms in total. The van der Waals surface area contributed by atoms with Gasteiger partial charge in [0.1, 0.15) is 5.75 Å². The lowest BCUT2D eigenvalue weighted by Gasteiger charge is -2.08. The molecule has 1 N–H and O–H groups in total. The van der Waals surface area contributed by atoms with Gasteiger partial charge in [-0.3, -0.25) is 0 Å². The first-order chi connectivity index (χ1) is 5.77. The van der Waals surface area contributed by atoms with Crippen LogP contribution in [0.5, 0.6) is 5.75 Å². The highest BCUT2D eigenvalue weighted by molar-refractivity contribution is 9.10. The molecule has 0 radical (unpaired) electrons. The Bertz CT molecular complexity index is 267. The summed E-state index contributed by atoms with van der Waals surface area (Å²) < 4.78 is 6.16. The minimum atomic E-state index is 0.590. The number of nitrogens with one attached hydrogen (secondary N) is 1. The van der Waals surface area contributed by atoms with Crippen LogP contribution in [0.15, 0.2) is 22.7 Å². The lowest BCUT2D eigenvalue weighted by molar-refractivity contribution is 0.416. The molecule has 66 valence electrons. The van der Waals surface area contributed by atoms with E-state index in [-0.39, 0.29) is 0 Å². The lowest BCUT2D eigenvalue weighted by Crippen LogP contribution is -1.97. The van der Waals surface area contributed by atoms with Crippen molar-refractivity contribution in [1.29, 1.82) is 0 Å². The molecule has 0 unspecified atom stereocenters. The summed E-state index contributed by atoms with van der Waals surface area (Å²) in [5.74, 6) is 1.42. The SMILES string of the molecule is COc1ccc(Br)cc1NCS. The summed E-state index contributed by atoms with van der Waals surface area (Å²) in [6, 6.07) is 5.79. The molecule has 12 heavy (non-hydrogen) atoms. The monoisotopic (exact) mass is 247 g/mol. The number of anilines is 1. The van der Waals surface area contributed by atoms with Crippen molar-refractivity contribution in [2.75, 3.05) is 18.3 Å². The van der Waals surface area contributed by atoms with Gasteiger partial charge in [0.2, 0.25) is 0 Å². The third-order valence-electron chi connectivity index (χ3n) is 1.43. The van der Waals surface area contributed by atoms with Crippen molar-refractivity contribution in [2.45, 2.75) is 0 Å². The molecule has 4 heteroatoms. The first-order valence-corrected chi connectivity index (χ1v) is 4.88. The Kier molecular flexibility index (Phi) is 3.75. The van der Waals surface area contributed by atoms with Gasteiger partial charge in [0.05, 0.1) is 18.7 Å². The van der Waals surface area contributed by atoms with Gasteiger partial charge >= 0.3 is 0 Å². The number of benzene rings is 1. The first-order valence-electron chi connectivity index (χ1n) is 3.46. The summed E-state index contributed by atoms with van der Waals surface area (Å²) in [5, 5.41) is 3.08. The molecular formula is C8H10BrNOS. The van der Waals surface area contributed by atoms with Gasteiger partial charge in [-0.05, 0) is 18.2 Å². The Balaban J connectivity index is 2.95. The molecule has 0 aromatic heterocycles. The highest BCUT2D eigenvalue weighted by atomic mass is 79.9. The summed E-state index contributed by atoms with van der Waals surface area (Å²) in [4.78, 5) is 0. The lowest BCUT2D eigenvalue weighted by atomic mass is 10.3. The second-order valence-corrected chi connectivity index (χ2v) is 3.41. The fourth-order valence-corrected chi connectivity index (χ4v) is 1.43. The van der Waals surface area contributed by atoms with Gasteiger partial charge in [0.25, 0.3) is 0 Å². The number of halogens is 1. The molecule has 0 saturated carbocycles. The molecule has 0 bridgehead atoms. The molecule has 0 aliphatic carbocycles. The Hall–Kier alpha value is -0.350. The van der Waals surface area contributed by atoms with Crippen LogP contribution in [0.3, 0.4) is 0 Å². The zero-order chi connectivity index (χ0) is 8.97. The molecule has 0 aliphatic heterocycles. The van der Waals surface area contributed by atoms with Crippen LogP contribution in [0.1, 0.15) is 0 Å². The largest absolute Gasteiger partial charge is 0.495 e. The minimum Gasteiger partial charge on any atom is -0.495 e.